The number of hydrogen-bond donors (Lipinski definition) is 2. The van der Waals surface area contributed by atoms with Crippen LogP contribution in [0.15, 0.2) is 59.5 Å². The number of benzene rings is 3. The summed E-state index contributed by atoms with van der Waals surface area (Å²) in [4.78, 5) is 25.0. The molecule has 0 bridgehead atoms. The standard InChI is InChI=1S/C22H16F4N2O2S/c1-12-5-2-3-8-15(12)22(30)27-13-6-4-7-14(9-13)31-11-18(29)28-21-19(25)16(23)10-17(24)20(21)26/h2-10H,11H2,1H3,(H,27,30)(H,28,29). The van der Waals surface area contributed by atoms with Crippen LogP contribution in [0.25, 0.3) is 0 Å². The number of anilines is 2. The van der Waals surface area contributed by atoms with Gasteiger partial charge in [0.2, 0.25) is 5.91 Å². The fourth-order valence-corrected chi connectivity index (χ4v) is 3.45. The lowest BCUT2D eigenvalue weighted by Gasteiger charge is -2.10. The molecule has 0 saturated carbocycles. The van der Waals surface area contributed by atoms with E-state index in [1.807, 2.05) is 24.4 Å². The van der Waals surface area contributed by atoms with E-state index in [-0.39, 0.29) is 17.7 Å². The van der Waals surface area contributed by atoms with E-state index in [2.05, 4.69) is 5.32 Å². The van der Waals surface area contributed by atoms with Gasteiger partial charge in [-0.3, -0.25) is 9.59 Å². The van der Waals surface area contributed by atoms with Crippen LogP contribution in [0, 0.1) is 30.2 Å². The second-order valence-electron chi connectivity index (χ2n) is 6.48. The van der Waals surface area contributed by atoms with Gasteiger partial charge in [-0.05, 0) is 36.8 Å². The summed E-state index contributed by atoms with van der Waals surface area (Å²) < 4.78 is 53.8. The summed E-state index contributed by atoms with van der Waals surface area (Å²) >= 11 is 1.01. The number of thioether (sulfide) groups is 1. The maximum atomic E-state index is 13.7. The van der Waals surface area contributed by atoms with Crippen molar-refractivity contribution in [3.8, 4) is 0 Å². The van der Waals surface area contributed by atoms with Crippen molar-refractivity contribution in [3.63, 3.8) is 0 Å². The Hall–Kier alpha value is -3.33. The molecule has 9 heteroatoms. The minimum Gasteiger partial charge on any atom is -0.322 e. The highest BCUT2D eigenvalue weighted by atomic mass is 32.2. The highest BCUT2D eigenvalue weighted by Gasteiger charge is 2.21. The van der Waals surface area contributed by atoms with Crippen LogP contribution in [0.5, 0.6) is 0 Å². The Morgan fingerprint density at radius 2 is 1.55 bits per heavy atom. The first-order chi connectivity index (χ1) is 14.8. The van der Waals surface area contributed by atoms with Gasteiger partial charge in [0.25, 0.3) is 5.91 Å². The molecule has 0 unspecified atom stereocenters. The van der Waals surface area contributed by atoms with Crippen LogP contribution in [-0.2, 0) is 4.79 Å². The van der Waals surface area contributed by atoms with Crippen molar-refractivity contribution in [2.45, 2.75) is 11.8 Å². The molecule has 3 aromatic carbocycles. The van der Waals surface area contributed by atoms with Crippen LogP contribution in [-0.4, -0.2) is 17.6 Å². The van der Waals surface area contributed by atoms with Gasteiger partial charge in [0.1, 0.15) is 5.69 Å². The third kappa shape index (κ3) is 5.43. The minimum absolute atomic E-state index is 0.0613. The highest BCUT2D eigenvalue weighted by Crippen LogP contribution is 2.26. The average molecular weight is 448 g/mol. The number of halogens is 4. The Kier molecular flexibility index (Phi) is 6.96. The molecule has 0 saturated heterocycles. The molecule has 0 aliphatic carbocycles. The predicted octanol–water partition coefficient (Wildman–Crippen LogP) is 5.53. The lowest BCUT2D eigenvalue weighted by molar-refractivity contribution is -0.113. The number of carbonyl (C=O) groups is 2. The number of amides is 2. The van der Waals surface area contributed by atoms with E-state index in [0.29, 0.717) is 16.1 Å². The van der Waals surface area contributed by atoms with Crippen molar-refractivity contribution < 1.29 is 27.2 Å². The van der Waals surface area contributed by atoms with E-state index in [4.69, 9.17) is 0 Å². The lowest BCUT2D eigenvalue weighted by atomic mass is 10.1. The Bertz CT molecular complexity index is 1130. The van der Waals surface area contributed by atoms with E-state index < -0.39 is 34.9 Å². The molecule has 0 aliphatic rings. The first-order valence-electron chi connectivity index (χ1n) is 8.99. The summed E-state index contributed by atoms with van der Waals surface area (Å²) in [6.45, 7) is 1.82. The topological polar surface area (TPSA) is 58.2 Å². The van der Waals surface area contributed by atoms with Crippen LogP contribution in [0.1, 0.15) is 15.9 Å². The van der Waals surface area contributed by atoms with Gasteiger partial charge >= 0.3 is 0 Å². The number of nitrogens with one attached hydrogen (secondary N) is 2. The third-order valence-electron chi connectivity index (χ3n) is 4.23. The van der Waals surface area contributed by atoms with Crippen LogP contribution >= 0.6 is 11.8 Å². The first-order valence-corrected chi connectivity index (χ1v) is 9.97. The summed E-state index contributed by atoms with van der Waals surface area (Å²) in [5.74, 6) is -8.03. The zero-order valence-electron chi connectivity index (χ0n) is 16.1. The van der Waals surface area contributed by atoms with Crippen molar-refractivity contribution >= 4 is 35.0 Å². The van der Waals surface area contributed by atoms with Crippen molar-refractivity contribution in [2.75, 3.05) is 16.4 Å². The second kappa shape index (κ2) is 9.65. The van der Waals surface area contributed by atoms with Gasteiger partial charge in [-0.2, -0.15) is 0 Å². The largest absolute Gasteiger partial charge is 0.322 e. The molecule has 160 valence electrons. The summed E-state index contributed by atoms with van der Waals surface area (Å²) in [7, 11) is 0. The molecule has 4 nitrogen and oxygen atoms in total. The van der Waals surface area contributed by atoms with Gasteiger partial charge in [0, 0.05) is 22.2 Å². The van der Waals surface area contributed by atoms with Crippen molar-refractivity contribution in [3.05, 3.63) is 89.0 Å². The highest BCUT2D eigenvalue weighted by molar-refractivity contribution is 8.00. The molecule has 3 aromatic rings. The first kappa shape index (κ1) is 22.4. The monoisotopic (exact) mass is 448 g/mol. The smallest absolute Gasteiger partial charge is 0.255 e. The predicted molar refractivity (Wildman–Crippen MR) is 111 cm³/mol. The fraction of sp³-hybridized carbons (Fsp3) is 0.0909. The Labute approximate surface area is 179 Å². The van der Waals surface area contributed by atoms with E-state index in [1.165, 1.54) is 0 Å². The Balaban J connectivity index is 1.64. The summed E-state index contributed by atoms with van der Waals surface area (Å²) in [5.41, 5.74) is 0.645. The van der Waals surface area contributed by atoms with Gasteiger partial charge in [-0.1, -0.05) is 24.3 Å². The van der Waals surface area contributed by atoms with E-state index >= 15 is 0 Å². The Morgan fingerprint density at radius 3 is 2.23 bits per heavy atom. The molecule has 2 amide bonds. The van der Waals surface area contributed by atoms with Crippen molar-refractivity contribution in [1.82, 2.24) is 0 Å². The molecule has 31 heavy (non-hydrogen) atoms. The van der Waals surface area contributed by atoms with Gasteiger partial charge < -0.3 is 10.6 Å². The van der Waals surface area contributed by atoms with Crippen molar-refractivity contribution in [2.24, 2.45) is 0 Å². The summed E-state index contributed by atoms with van der Waals surface area (Å²) in [5, 5.41) is 4.60. The van der Waals surface area contributed by atoms with Crippen molar-refractivity contribution in [1.29, 1.82) is 0 Å². The normalized spacial score (nSPS) is 10.6. The molecular weight excluding hydrogens is 432 g/mol. The number of rotatable bonds is 6. The molecular formula is C22H16F4N2O2S. The average Bonchev–Trinajstić information content (AvgIpc) is 2.74. The molecule has 0 spiro atoms. The molecule has 0 aromatic heterocycles. The van der Waals surface area contributed by atoms with Crippen LogP contribution in [0.2, 0.25) is 0 Å². The summed E-state index contributed by atoms with van der Waals surface area (Å²) in [6.07, 6.45) is 0. The maximum Gasteiger partial charge on any atom is 0.255 e. The van der Waals surface area contributed by atoms with E-state index in [9.17, 15) is 27.2 Å². The molecule has 0 aliphatic heterocycles. The number of carbonyl (C=O) groups excluding carboxylic acids is 2. The van der Waals surface area contributed by atoms with Gasteiger partial charge in [0.05, 0.1) is 5.75 Å². The molecule has 0 fully saturated rings. The zero-order chi connectivity index (χ0) is 22.5. The van der Waals surface area contributed by atoms with Crippen LogP contribution in [0.4, 0.5) is 28.9 Å². The third-order valence-corrected chi connectivity index (χ3v) is 5.22. The lowest BCUT2D eigenvalue weighted by Crippen LogP contribution is -2.17. The SMILES string of the molecule is Cc1ccccc1C(=O)Nc1cccc(SCC(=O)Nc2c(F)c(F)cc(F)c2F)c1. The van der Waals surface area contributed by atoms with Crippen LogP contribution in [0.3, 0.4) is 0 Å². The molecule has 3 rings (SSSR count). The fourth-order valence-electron chi connectivity index (χ4n) is 2.70. The number of hydrogen-bond acceptors (Lipinski definition) is 3. The molecule has 0 radical (unpaired) electrons. The molecule has 2 N–H and O–H groups in total. The maximum absolute atomic E-state index is 13.7. The minimum atomic E-state index is -1.68. The summed E-state index contributed by atoms with van der Waals surface area (Å²) in [6, 6.07) is 13.8. The van der Waals surface area contributed by atoms with Gasteiger partial charge in [-0.25, -0.2) is 17.6 Å². The second-order valence-corrected chi connectivity index (χ2v) is 7.53. The van der Waals surface area contributed by atoms with E-state index in [0.717, 1.165) is 17.3 Å². The molecule has 0 atom stereocenters. The van der Waals surface area contributed by atoms with E-state index in [1.54, 1.807) is 36.4 Å². The Morgan fingerprint density at radius 1 is 0.871 bits per heavy atom. The van der Waals surface area contributed by atoms with Gasteiger partial charge in [-0.15, -0.1) is 11.8 Å². The zero-order valence-corrected chi connectivity index (χ0v) is 17.0. The quantitative estimate of drug-likeness (QED) is 0.296. The van der Waals surface area contributed by atoms with Crippen LogP contribution < -0.4 is 10.6 Å². The number of aryl methyl sites for hydroxylation is 1. The molecule has 0 heterocycles. The van der Waals surface area contributed by atoms with Gasteiger partial charge in [0.15, 0.2) is 23.3 Å².